The zero-order chi connectivity index (χ0) is 14.2. The van der Waals surface area contributed by atoms with Gasteiger partial charge in [0.2, 0.25) is 0 Å². The lowest BCUT2D eigenvalue weighted by Crippen LogP contribution is -2.24. The highest BCUT2D eigenvalue weighted by atomic mass is 32.1. The summed E-state index contributed by atoms with van der Waals surface area (Å²) in [4.78, 5) is 12.4. The average molecular weight is 285 g/mol. The fourth-order valence-electron chi connectivity index (χ4n) is 1.34. The Kier molecular flexibility index (Phi) is 4.87. The fourth-order valence-corrected chi connectivity index (χ4v) is 1.92. The van der Waals surface area contributed by atoms with Crippen LogP contribution in [0.5, 0.6) is 5.75 Å². The molecule has 2 rings (SSSR count). The summed E-state index contributed by atoms with van der Waals surface area (Å²) in [5.74, 6) is 0.184. The molecule has 0 aliphatic heterocycles. The number of ether oxygens (including phenoxy) is 1. The van der Waals surface area contributed by atoms with Crippen molar-refractivity contribution < 1.29 is 9.53 Å². The van der Waals surface area contributed by atoms with Gasteiger partial charge in [-0.05, 0) is 35.7 Å². The van der Waals surface area contributed by atoms with E-state index in [0.717, 1.165) is 4.88 Å². The van der Waals surface area contributed by atoms with Gasteiger partial charge in [-0.3, -0.25) is 4.79 Å². The molecular weight excluding hydrogens is 274 g/mol. The van der Waals surface area contributed by atoms with E-state index in [1.54, 1.807) is 30.5 Å². The van der Waals surface area contributed by atoms with Crippen LogP contribution in [-0.2, 0) is 4.79 Å². The highest BCUT2D eigenvalue weighted by Gasteiger charge is 2.01. The lowest BCUT2D eigenvalue weighted by atomic mass is 10.2. The van der Waals surface area contributed by atoms with E-state index in [9.17, 15) is 4.79 Å². The van der Waals surface area contributed by atoms with Crippen LogP contribution in [0.1, 0.15) is 10.4 Å². The van der Waals surface area contributed by atoms with E-state index in [1.807, 2.05) is 23.6 Å². The molecule has 0 saturated heterocycles. The van der Waals surface area contributed by atoms with Gasteiger partial charge >= 0.3 is 0 Å². The molecular formula is C14H11N3O2S. The highest BCUT2D eigenvalue weighted by Crippen LogP contribution is 2.11. The first-order valence-corrected chi connectivity index (χ1v) is 6.64. The minimum Gasteiger partial charge on any atom is -0.484 e. The van der Waals surface area contributed by atoms with Gasteiger partial charge in [0.05, 0.1) is 17.8 Å². The van der Waals surface area contributed by atoms with Crippen molar-refractivity contribution in [2.75, 3.05) is 6.61 Å². The van der Waals surface area contributed by atoms with Gasteiger partial charge in [-0.25, -0.2) is 5.43 Å². The molecule has 1 amide bonds. The lowest BCUT2D eigenvalue weighted by Gasteiger charge is -2.04. The summed E-state index contributed by atoms with van der Waals surface area (Å²) in [5.41, 5.74) is 2.92. The predicted molar refractivity (Wildman–Crippen MR) is 76.7 cm³/mol. The molecule has 0 saturated carbocycles. The summed E-state index contributed by atoms with van der Waals surface area (Å²) < 4.78 is 5.26. The molecule has 20 heavy (non-hydrogen) atoms. The van der Waals surface area contributed by atoms with Crippen LogP contribution in [0.25, 0.3) is 0 Å². The number of hydrogen-bond donors (Lipinski definition) is 1. The number of carbonyl (C=O) groups is 1. The van der Waals surface area contributed by atoms with E-state index in [4.69, 9.17) is 10.00 Å². The third-order valence-electron chi connectivity index (χ3n) is 2.28. The molecule has 0 unspecified atom stereocenters. The largest absolute Gasteiger partial charge is 0.484 e. The Hall–Kier alpha value is -2.65. The van der Waals surface area contributed by atoms with E-state index in [1.165, 1.54) is 11.3 Å². The predicted octanol–water partition coefficient (Wildman–Crippen LogP) is 2.15. The first-order chi connectivity index (χ1) is 9.78. The Labute approximate surface area is 120 Å². The van der Waals surface area contributed by atoms with Gasteiger partial charge in [0.15, 0.2) is 6.61 Å². The van der Waals surface area contributed by atoms with Crippen LogP contribution >= 0.6 is 11.3 Å². The van der Waals surface area contributed by atoms with Crippen LogP contribution in [0.2, 0.25) is 0 Å². The van der Waals surface area contributed by atoms with E-state index in [2.05, 4.69) is 10.5 Å². The quantitative estimate of drug-likeness (QED) is 0.675. The molecule has 0 aliphatic carbocycles. The van der Waals surface area contributed by atoms with E-state index in [-0.39, 0.29) is 12.5 Å². The van der Waals surface area contributed by atoms with Crippen LogP contribution in [-0.4, -0.2) is 18.7 Å². The van der Waals surface area contributed by atoms with Crippen LogP contribution in [0.4, 0.5) is 0 Å². The zero-order valence-electron chi connectivity index (χ0n) is 10.4. The van der Waals surface area contributed by atoms with Crippen LogP contribution in [0.15, 0.2) is 46.9 Å². The number of amides is 1. The van der Waals surface area contributed by atoms with Gasteiger partial charge in [-0.1, -0.05) is 6.07 Å². The Morgan fingerprint density at radius 3 is 2.85 bits per heavy atom. The van der Waals surface area contributed by atoms with E-state index >= 15 is 0 Å². The first kappa shape index (κ1) is 13.8. The molecule has 0 bridgehead atoms. The number of hydrazone groups is 1. The van der Waals surface area contributed by atoms with Gasteiger partial charge in [0.1, 0.15) is 5.75 Å². The van der Waals surface area contributed by atoms with Gasteiger partial charge in [0.25, 0.3) is 5.91 Å². The molecule has 100 valence electrons. The molecule has 1 aromatic heterocycles. The number of rotatable bonds is 5. The van der Waals surface area contributed by atoms with Crippen molar-refractivity contribution >= 4 is 23.5 Å². The Morgan fingerprint density at radius 1 is 1.40 bits per heavy atom. The van der Waals surface area contributed by atoms with E-state index < -0.39 is 0 Å². The molecule has 5 nitrogen and oxygen atoms in total. The number of nitriles is 1. The maximum Gasteiger partial charge on any atom is 0.277 e. The Bertz CT molecular complexity index is 627. The minimum atomic E-state index is -0.345. The second-order valence-electron chi connectivity index (χ2n) is 3.73. The second-order valence-corrected chi connectivity index (χ2v) is 4.71. The van der Waals surface area contributed by atoms with Gasteiger partial charge < -0.3 is 4.74 Å². The number of thiophene rings is 1. The molecule has 1 aromatic carbocycles. The van der Waals surface area contributed by atoms with Gasteiger partial charge in [-0.15, -0.1) is 11.3 Å². The van der Waals surface area contributed by atoms with Gasteiger partial charge in [-0.2, -0.15) is 10.4 Å². The fraction of sp³-hybridized carbons (Fsp3) is 0.0714. The third-order valence-corrected chi connectivity index (χ3v) is 3.08. The normalized spacial score (nSPS) is 10.2. The SMILES string of the molecule is N#Cc1ccc(OCC(=O)N/N=C/c2cccs2)cc1. The zero-order valence-corrected chi connectivity index (χ0v) is 11.3. The molecule has 0 aliphatic rings. The number of nitrogens with one attached hydrogen (secondary N) is 1. The smallest absolute Gasteiger partial charge is 0.277 e. The number of carbonyl (C=O) groups excluding carboxylic acids is 1. The molecule has 2 aromatic rings. The minimum absolute atomic E-state index is 0.131. The Balaban J connectivity index is 1.76. The molecule has 0 fully saturated rings. The topological polar surface area (TPSA) is 74.5 Å². The van der Waals surface area contributed by atoms with Crippen molar-refractivity contribution in [1.82, 2.24) is 5.43 Å². The second kappa shape index (κ2) is 7.07. The van der Waals surface area contributed by atoms with Crippen molar-refractivity contribution in [3.63, 3.8) is 0 Å². The number of benzene rings is 1. The number of nitrogens with zero attached hydrogens (tertiary/aromatic N) is 2. The lowest BCUT2D eigenvalue weighted by molar-refractivity contribution is -0.123. The summed E-state index contributed by atoms with van der Waals surface area (Å²) in [7, 11) is 0. The first-order valence-electron chi connectivity index (χ1n) is 5.76. The molecule has 1 N–H and O–H groups in total. The summed E-state index contributed by atoms with van der Waals surface area (Å²) >= 11 is 1.53. The standard InChI is InChI=1S/C14H11N3O2S/c15-8-11-3-5-12(6-4-11)19-10-14(18)17-16-9-13-2-1-7-20-13/h1-7,9H,10H2,(H,17,18)/b16-9+. The highest BCUT2D eigenvalue weighted by molar-refractivity contribution is 7.11. The molecule has 0 atom stereocenters. The summed E-state index contributed by atoms with van der Waals surface area (Å²) in [6.45, 7) is -0.131. The van der Waals surface area contributed by atoms with Crippen LogP contribution < -0.4 is 10.2 Å². The average Bonchev–Trinajstić information content (AvgIpc) is 2.99. The summed E-state index contributed by atoms with van der Waals surface area (Å²) in [6, 6.07) is 12.3. The van der Waals surface area contributed by atoms with Crippen molar-refractivity contribution in [3.8, 4) is 11.8 Å². The summed E-state index contributed by atoms with van der Waals surface area (Å²) in [6.07, 6.45) is 1.57. The van der Waals surface area contributed by atoms with Crippen LogP contribution in [0, 0.1) is 11.3 Å². The molecule has 0 spiro atoms. The van der Waals surface area contributed by atoms with E-state index in [0.29, 0.717) is 11.3 Å². The van der Waals surface area contributed by atoms with Crippen molar-refractivity contribution in [1.29, 1.82) is 5.26 Å². The number of hydrogen-bond acceptors (Lipinski definition) is 5. The third kappa shape index (κ3) is 4.23. The van der Waals surface area contributed by atoms with Crippen molar-refractivity contribution in [2.24, 2.45) is 5.10 Å². The molecule has 1 heterocycles. The summed E-state index contributed by atoms with van der Waals surface area (Å²) in [5, 5.41) is 14.4. The van der Waals surface area contributed by atoms with Crippen molar-refractivity contribution in [3.05, 3.63) is 52.2 Å². The van der Waals surface area contributed by atoms with Gasteiger partial charge in [0, 0.05) is 4.88 Å². The maximum absolute atomic E-state index is 11.5. The van der Waals surface area contributed by atoms with Crippen molar-refractivity contribution in [2.45, 2.75) is 0 Å². The molecule has 6 heteroatoms. The molecule has 0 radical (unpaired) electrons. The monoisotopic (exact) mass is 285 g/mol. The Morgan fingerprint density at radius 2 is 2.20 bits per heavy atom. The van der Waals surface area contributed by atoms with Crippen LogP contribution in [0.3, 0.4) is 0 Å². The maximum atomic E-state index is 11.5.